The van der Waals surface area contributed by atoms with Crippen molar-refractivity contribution >= 4 is 23.6 Å². The molecule has 0 atom stereocenters. The number of hydrogen-bond acceptors (Lipinski definition) is 4. The SMILES string of the molecule is O=Cc1nc(C(=O)O)cs1. The first-order chi connectivity index (χ1) is 4.74. The molecule has 0 spiro atoms. The van der Waals surface area contributed by atoms with E-state index in [9.17, 15) is 9.59 Å². The predicted molar refractivity (Wildman–Crippen MR) is 34.5 cm³/mol. The van der Waals surface area contributed by atoms with Crippen LogP contribution in [0.2, 0.25) is 0 Å². The molecule has 0 bridgehead atoms. The maximum atomic E-state index is 10.2. The molecule has 1 N–H and O–H groups in total. The highest BCUT2D eigenvalue weighted by Crippen LogP contribution is 2.06. The Hall–Kier alpha value is -1.23. The van der Waals surface area contributed by atoms with Crippen LogP contribution in [-0.2, 0) is 0 Å². The van der Waals surface area contributed by atoms with Crippen LogP contribution in [0.15, 0.2) is 5.38 Å². The molecule has 10 heavy (non-hydrogen) atoms. The van der Waals surface area contributed by atoms with Gasteiger partial charge in [-0.15, -0.1) is 11.3 Å². The van der Waals surface area contributed by atoms with Gasteiger partial charge in [-0.3, -0.25) is 4.79 Å². The van der Waals surface area contributed by atoms with Crippen molar-refractivity contribution in [3.05, 3.63) is 16.1 Å². The molecule has 0 fully saturated rings. The predicted octanol–water partition coefficient (Wildman–Crippen LogP) is 0.654. The van der Waals surface area contributed by atoms with Crippen LogP contribution in [0.3, 0.4) is 0 Å². The molecule has 0 aliphatic carbocycles. The third-order valence-electron chi connectivity index (χ3n) is 0.842. The number of carboxylic acid groups (broad SMARTS) is 1. The van der Waals surface area contributed by atoms with Gasteiger partial charge in [0.15, 0.2) is 17.0 Å². The van der Waals surface area contributed by atoms with Crippen molar-refractivity contribution in [2.24, 2.45) is 0 Å². The highest BCUT2D eigenvalue weighted by Gasteiger charge is 2.06. The second kappa shape index (κ2) is 2.57. The van der Waals surface area contributed by atoms with E-state index in [0.29, 0.717) is 6.29 Å². The Bertz CT molecular complexity index is 268. The molecule has 1 heterocycles. The fourth-order valence-corrected chi connectivity index (χ4v) is 1.03. The van der Waals surface area contributed by atoms with E-state index in [-0.39, 0.29) is 10.7 Å². The van der Waals surface area contributed by atoms with Gasteiger partial charge in [0.05, 0.1) is 0 Å². The molecular formula is C5H3NO3S. The van der Waals surface area contributed by atoms with Crippen LogP contribution in [0.25, 0.3) is 0 Å². The summed E-state index contributed by atoms with van der Waals surface area (Å²) >= 11 is 1.02. The molecule has 1 aromatic heterocycles. The second-order valence-electron chi connectivity index (χ2n) is 1.49. The van der Waals surface area contributed by atoms with Crippen LogP contribution in [0.4, 0.5) is 0 Å². The Labute approximate surface area is 60.1 Å². The van der Waals surface area contributed by atoms with E-state index in [1.165, 1.54) is 5.38 Å². The zero-order chi connectivity index (χ0) is 7.56. The van der Waals surface area contributed by atoms with Gasteiger partial charge in [-0.05, 0) is 0 Å². The number of carbonyl (C=O) groups excluding carboxylic acids is 1. The van der Waals surface area contributed by atoms with E-state index >= 15 is 0 Å². The minimum Gasteiger partial charge on any atom is -0.476 e. The van der Waals surface area contributed by atoms with Crippen LogP contribution in [0.5, 0.6) is 0 Å². The summed E-state index contributed by atoms with van der Waals surface area (Å²) < 4.78 is 0. The molecule has 0 aliphatic rings. The fraction of sp³-hybridized carbons (Fsp3) is 0. The summed E-state index contributed by atoms with van der Waals surface area (Å²) in [4.78, 5) is 23.6. The average molecular weight is 157 g/mol. The summed E-state index contributed by atoms with van der Waals surface area (Å²) in [5.41, 5.74) is -0.0768. The zero-order valence-electron chi connectivity index (χ0n) is 4.77. The van der Waals surface area contributed by atoms with Gasteiger partial charge in [0, 0.05) is 5.38 Å². The number of aldehydes is 1. The van der Waals surface area contributed by atoms with E-state index in [2.05, 4.69) is 4.98 Å². The Balaban J connectivity index is 2.98. The number of aromatic nitrogens is 1. The van der Waals surface area contributed by atoms with Crippen molar-refractivity contribution in [2.45, 2.75) is 0 Å². The monoisotopic (exact) mass is 157 g/mol. The summed E-state index contributed by atoms with van der Waals surface area (Å²) in [6.07, 6.45) is 0.525. The fourth-order valence-electron chi connectivity index (χ4n) is 0.440. The topological polar surface area (TPSA) is 67.3 Å². The molecule has 4 nitrogen and oxygen atoms in total. The van der Waals surface area contributed by atoms with Gasteiger partial charge in [-0.25, -0.2) is 9.78 Å². The van der Waals surface area contributed by atoms with Crippen LogP contribution in [0, 0.1) is 0 Å². The lowest BCUT2D eigenvalue weighted by molar-refractivity contribution is 0.0691. The summed E-state index contributed by atoms with van der Waals surface area (Å²) in [6, 6.07) is 0. The van der Waals surface area contributed by atoms with Gasteiger partial charge in [-0.2, -0.15) is 0 Å². The van der Waals surface area contributed by atoms with Crippen molar-refractivity contribution in [3.8, 4) is 0 Å². The molecule has 52 valence electrons. The normalized spacial score (nSPS) is 9.20. The lowest BCUT2D eigenvalue weighted by Crippen LogP contribution is -1.95. The van der Waals surface area contributed by atoms with Crippen molar-refractivity contribution in [1.29, 1.82) is 0 Å². The van der Waals surface area contributed by atoms with Crippen LogP contribution in [-0.4, -0.2) is 22.3 Å². The molecule has 0 amide bonds. The van der Waals surface area contributed by atoms with Gasteiger partial charge in [0.2, 0.25) is 0 Å². The molecule has 0 radical (unpaired) electrons. The lowest BCUT2D eigenvalue weighted by atomic mass is 10.5. The number of carboxylic acids is 1. The average Bonchev–Trinajstić information content (AvgIpc) is 2.34. The maximum absolute atomic E-state index is 10.2. The third-order valence-corrected chi connectivity index (χ3v) is 1.61. The quantitative estimate of drug-likeness (QED) is 0.640. The molecule has 0 aromatic carbocycles. The van der Waals surface area contributed by atoms with Crippen LogP contribution in [0.1, 0.15) is 20.3 Å². The number of rotatable bonds is 2. The number of hydrogen-bond donors (Lipinski definition) is 1. The maximum Gasteiger partial charge on any atom is 0.355 e. The highest BCUT2D eigenvalue weighted by molar-refractivity contribution is 7.11. The van der Waals surface area contributed by atoms with E-state index < -0.39 is 5.97 Å². The van der Waals surface area contributed by atoms with E-state index in [0.717, 1.165) is 11.3 Å². The smallest absolute Gasteiger partial charge is 0.355 e. The van der Waals surface area contributed by atoms with Gasteiger partial charge < -0.3 is 5.11 Å². The Morgan fingerprint density at radius 2 is 2.50 bits per heavy atom. The Kier molecular flexibility index (Phi) is 1.77. The number of thiazole rings is 1. The van der Waals surface area contributed by atoms with Crippen molar-refractivity contribution in [3.63, 3.8) is 0 Å². The first-order valence-corrected chi connectivity index (χ1v) is 3.26. The van der Waals surface area contributed by atoms with E-state index in [1.807, 2.05) is 0 Å². The number of aromatic carboxylic acids is 1. The van der Waals surface area contributed by atoms with E-state index in [4.69, 9.17) is 5.11 Å². The largest absolute Gasteiger partial charge is 0.476 e. The highest BCUT2D eigenvalue weighted by atomic mass is 32.1. The van der Waals surface area contributed by atoms with Crippen molar-refractivity contribution in [1.82, 2.24) is 4.98 Å². The van der Waals surface area contributed by atoms with Crippen LogP contribution < -0.4 is 0 Å². The first kappa shape index (κ1) is 6.88. The number of nitrogens with zero attached hydrogens (tertiary/aromatic N) is 1. The van der Waals surface area contributed by atoms with Gasteiger partial charge in [0.1, 0.15) is 0 Å². The molecule has 1 aromatic rings. The van der Waals surface area contributed by atoms with Crippen molar-refractivity contribution in [2.75, 3.05) is 0 Å². The molecule has 0 saturated heterocycles. The third kappa shape index (κ3) is 1.19. The zero-order valence-corrected chi connectivity index (χ0v) is 5.59. The summed E-state index contributed by atoms with van der Waals surface area (Å²) in [6.45, 7) is 0. The van der Waals surface area contributed by atoms with Gasteiger partial charge in [0.25, 0.3) is 0 Å². The standard InChI is InChI=1S/C5H3NO3S/c7-1-4-6-3(2-10-4)5(8)9/h1-2H,(H,8,9). The Morgan fingerprint density at radius 3 is 2.80 bits per heavy atom. The summed E-state index contributed by atoms with van der Waals surface area (Å²) in [5.74, 6) is -1.11. The minimum absolute atomic E-state index is 0.0768. The molecule has 0 saturated carbocycles. The molecule has 5 heteroatoms. The molecule has 0 aliphatic heterocycles. The second-order valence-corrected chi connectivity index (χ2v) is 2.38. The molecule has 1 rings (SSSR count). The Morgan fingerprint density at radius 1 is 1.80 bits per heavy atom. The van der Waals surface area contributed by atoms with Gasteiger partial charge in [-0.1, -0.05) is 0 Å². The lowest BCUT2D eigenvalue weighted by Gasteiger charge is -1.79. The summed E-state index contributed by atoms with van der Waals surface area (Å²) in [7, 11) is 0. The van der Waals surface area contributed by atoms with E-state index in [1.54, 1.807) is 0 Å². The van der Waals surface area contributed by atoms with Crippen molar-refractivity contribution < 1.29 is 14.7 Å². The van der Waals surface area contributed by atoms with Crippen LogP contribution >= 0.6 is 11.3 Å². The summed E-state index contributed by atoms with van der Waals surface area (Å²) in [5, 5.41) is 9.84. The minimum atomic E-state index is -1.11. The van der Waals surface area contributed by atoms with Gasteiger partial charge >= 0.3 is 5.97 Å². The molecular weight excluding hydrogens is 154 g/mol. The number of carbonyl (C=O) groups is 2. The molecule has 0 unspecified atom stereocenters. The first-order valence-electron chi connectivity index (χ1n) is 2.38.